The molecule has 0 spiro atoms. The molecular formula is C18H19ClN2OS. The third-order valence-electron chi connectivity index (χ3n) is 3.82. The number of rotatable bonds is 7. The quantitative estimate of drug-likeness (QED) is 0.754. The number of halogens is 1. The highest BCUT2D eigenvalue weighted by Crippen LogP contribution is 2.29. The van der Waals surface area contributed by atoms with E-state index in [-0.39, 0.29) is 5.91 Å². The fourth-order valence-electron chi connectivity index (χ4n) is 2.44. The summed E-state index contributed by atoms with van der Waals surface area (Å²) in [5, 5.41) is 0.766. The second-order valence-corrected chi connectivity index (χ2v) is 7.09. The van der Waals surface area contributed by atoms with Crippen molar-refractivity contribution in [3.05, 3.63) is 64.9 Å². The Kier molecular flexibility index (Phi) is 5.57. The second-order valence-electron chi connectivity index (χ2n) is 5.70. The van der Waals surface area contributed by atoms with E-state index in [2.05, 4.69) is 4.98 Å². The van der Waals surface area contributed by atoms with Crippen LogP contribution in [-0.2, 0) is 17.1 Å². The highest BCUT2D eigenvalue weighted by molar-refractivity contribution is 7.99. The van der Waals surface area contributed by atoms with Crippen molar-refractivity contribution in [3.8, 4) is 0 Å². The van der Waals surface area contributed by atoms with Crippen molar-refractivity contribution >= 4 is 29.3 Å². The molecular weight excluding hydrogens is 328 g/mol. The molecule has 1 aliphatic rings. The molecule has 1 aliphatic carbocycles. The first-order valence-corrected chi connectivity index (χ1v) is 9.27. The van der Waals surface area contributed by atoms with Crippen LogP contribution < -0.4 is 0 Å². The third kappa shape index (κ3) is 4.72. The second kappa shape index (κ2) is 7.84. The average Bonchev–Trinajstić information content (AvgIpc) is 3.40. The van der Waals surface area contributed by atoms with Crippen LogP contribution in [0.1, 0.15) is 24.0 Å². The Morgan fingerprint density at radius 3 is 2.78 bits per heavy atom. The molecule has 1 aromatic heterocycles. The first-order chi connectivity index (χ1) is 11.2. The van der Waals surface area contributed by atoms with Gasteiger partial charge in [0.05, 0.1) is 5.75 Å². The molecule has 1 aromatic carbocycles. The lowest BCUT2D eigenvalue weighted by molar-refractivity contribution is -0.129. The van der Waals surface area contributed by atoms with Crippen LogP contribution in [0.5, 0.6) is 0 Å². The van der Waals surface area contributed by atoms with Gasteiger partial charge in [-0.1, -0.05) is 35.9 Å². The first kappa shape index (κ1) is 16.3. The molecule has 0 aliphatic heterocycles. The van der Waals surface area contributed by atoms with Gasteiger partial charge in [0.1, 0.15) is 0 Å². The summed E-state index contributed by atoms with van der Waals surface area (Å²) in [6.07, 6.45) is 5.81. The Bertz CT molecular complexity index is 661. The standard InChI is InChI=1S/C18H19ClN2OS/c19-17-6-2-1-5-15(17)12-23-13-18(22)21(16-7-8-16)11-14-4-3-9-20-10-14/h1-6,9-10,16H,7-8,11-13H2. The first-order valence-electron chi connectivity index (χ1n) is 7.73. The number of amides is 1. The molecule has 0 radical (unpaired) electrons. The molecule has 0 N–H and O–H groups in total. The minimum atomic E-state index is 0.202. The van der Waals surface area contributed by atoms with Gasteiger partial charge in [-0.2, -0.15) is 0 Å². The van der Waals surface area contributed by atoms with Crippen molar-refractivity contribution in [3.63, 3.8) is 0 Å². The lowest BCUT2D eigenvalue weighted by Gasteiger charge is -2.22. The van der Waals surface area contributed by atoms with E-state index in [1.165, 1.54) is 0 Å². The highest BCUT2D eigenvalue weighted by atomic mass is 35.5. The van der Waals surface area contributed by atoms with E-state index in [9.17, 15) is 4.79 Å². The molecule has 1 amide bonds. The van der Waals surface area contributed by atoms with Crippen LogP contribution in [0.4, 0.5) is 0 Å². The molecule has 3 nitrogen and oxygen atoms in total. The summed E-state index contributed by atoms with van der Waals surface area (Å²) >= 11 is 7.78. The van der Waals surface area contributed by atoms with Crippen LogP contribution in [-0.4, -0.2) is 27.6 Å². The average molecular weight is 347 g/mol. The Morgan fingerprint density at radius 1 is 1.26 bits per heavy atom. The van der Waals surface area contributed by atoms with E-state index in [0.717, 1.165) is 34.7 Å². The van der Waals surface area contributed by atoms with Gasteiger partial charge in [0.25, 0.3) is 0 Å². The molecule has 5 heteroatoms. The number of carbonyl (C=O) groups is 1. The highest BCUT2D eigenvalue weighted by Gasteiger charge is 2.32. The Balaban J connectivity index is 1.54. The predicted molar refractivity (Wildman–Crippen MR) is 95.4 cm³/mol. The van der Waals surface area contributed by atoms with Crippen LogP contribution in [0.2, 0.25) is 5.02 Å². The van der Waals surface area contributed by atoms with E-state index >= 15 is 0 Å². The molecule has 1 saturated carbocycles. The smallest absolute Gasteiger partial charge is 0.233 e. The third-order valence-corrected chi connectivity index (χ3v) is 5.16. The van der Waals surface area contributed by atoms with Crippen LogP contribution >= 0.6 is 23.4 Å². The van der Waals surface area contributed by atoms with E-state index < -0.39 is 0 Å². The minimum absolute atomic E-state index is 0.202. The fraction of sp³-hybridized carbons (Fsp3) is 0.333. The molecule has 23 heavy (non-hydrogen) atoms. The summed E-state index contributed by atoms with van der Waals surface area (Å²) in [7, 11) is 0. The van der Waals surface area contributed by atoms with Crippen molar-refractivity contribution in [2.45, 2.75) is 31.2 Å². The summed E-state index contributed by atoms with van der Waals surface area (Å²) in [6.45, 7) is 0.657. The number of carbonyl (C=O) groups excluding carboxylic acids is 1. The van der Waals surface area contributed by atoms with Gasteiger partial charge in [-0.15, -0.1) is 11.8 Å². The lowest BCUT2D eigenvalue weighted by atomic mass is 10.2. The molecule has 3 rings (SSSR count). The van der Waals surface area contributed by atoms with E-state index in [1.807, 2.05) is 47.5 Å². The van der Waals surface area contributed by atoms with Gasteiger partial charge in [-0.25, -0.2) is 0 Å². The molecule has 0 unspecified atom stereocenters. The SMILES string of the molecule is O=C(CSCc1ccccc1Cl)N(Cc1cccnc1)C1CC1. The topological polar surface area (TPSA) is 33.2 Å². The van der Waals surface area contributed by atoms with Gasteiger partial charge in [-0.05, 0) is 36.1 Å². The Hall–Kier alpha value is -1.52. The monoisotopic (exact) mass is 346 g/mol. The molecule has 2 aromatic rings. The zero-order valence-corrected chi connectivity index (χ0v) is 14.4. The molecule has 0 saturated heterocycles. The van der Waals surface area contributed by atoms with Gasteiger partial charge in [0.15, 0.2) is 0 Å². The normalized spacial score (nSPS) is 13.8. The zero-order chi connectivity index (χ0) is 16.1. The van der Waals surface area contributed by atoms with Crippen LogP contribution in [0.25, 0.3) is 0 Å². The number of nitrogens with zero attached hydrogens (tertiary/aromatic N) is 2. The molecule has 120 valence electrons. The number of hydrogen-bond donors (Lipinski definition) is 0. The van der Waals surface area contributed by atoms with Crippen molar-refractivity contribution in [2.75, 3.05) is 5.75 Å². The number of hydrogen-bond acceptors (Lipinski definition) is 3. The summed E-state index contributed by atoms with van der Waals surface area (Å²) in [6, 6.07) is 12.1. The molecule has 0 bridgehead atoms. The van der Waals surface area contributed by atoms with Crippen LogP contribution in [0.3, 0.4) is 0 Å². The van der Waals surface area contributed by atoms with Crippen molar-refractivity contribution in [2.24, 2.45) is 0 Å². The maximum atomic E-state index is 12.6. The van der Waals surface area contributed by atoms with E-state index in [0.29, 0.717) is 18.3 Å². The van der Waals surface area contributed by atoms with Crippen LogP contribution in [0.15, 0.2) is 48.8 Å². The van der Waals surface area contributed by atoms with Gasteiger partial charge in [0, 0.05) is 35.8 Å². The predicted octanol–water partition coefficient (Wildman–Crippen LogP) is 4.16. The van der Waals surface area contributed by atoms with Gasteiger partial charge >= 0.3 is 0 Å². The summed E-state index contributed by atoms with van der Waals surface area (Å²) < 4.78 is 0. The molecule has 0 atom stereocenters. The van der Waals surface area contributed by atoms with Gasteiger partial charge in [-0.3, -0.25) is 9.78 Å². The maximum absolute atomic E-state index is 12.6. The fourth-order valence-corrected chi connectivity index (χ4v) is 3.64. The van der Waals surface area contributed by atoms with Gasteiger partial charge in [0.2, 0.25) is 5.91 Å². The number of thioether (sulfide) groups is 1. The van der Waals surface area contributed by atoms with E-state index in [4.69, 9.17) is 11.6 Å². The number of pyridine rings is 1. The van der Waals surface area contributed by atoms with E-state index in [1.54, 1.807) is 18.0 Å². The lowest BCUT2D eigenvalue weighted by Crippen LogP contribution is -2.34. The largest absolute Gasteiger partial charge is 0.335 e. The van der Waals surface area contributed by atoms with Crippen molar-refractivity contribution in [1.82, 2.24) is 9.88 Å². The maximum Gasteiger partial charge on any atom is 0.233 e. The Labute approximate surface area is 146 Å². The minimum Gasteiger partial charge on any atom is -0.335 e. The molecule has 1 fully saturated rings. The Morgan fingerprint density at radius 2 is 2.09 bits per heavy atom. The van der Waals surface area contributed by atoms with Crippen LogP contribution in [0, 0.1) is 0 Å². The number of benzene rings is 1. The summed E-state index contributed by atoms with van der Waals surface area (Å²) in [5.41, 5.74) is 2.17. The van der Waals surface area contributed by atoms with Gasteiger partial charge < -0.3 is 4.90 Å². The van der Waals surface area contributed by atoms with Crippen molar-refractivity contribution < 1.29 is 4.79 Å². The zero-order valence-electron chi connectivity index (χ0n) is 12.8. The van der Waals surface area contributed by atoms with Crippen molar-refractivity contribution in [1.29, 1.82) is 0 Å². The summed E-state index contributed by atoms with van der Waals surface area (Å²) in [4.78, 5) is 18.7. The summed E-state index contributed by atoms with van der Waals surface area (Å²) in [5.74, 6) is 1.45. The molecule has 1 heterocycles. The number of aromatic nitrogens is 1.